The summed E-state index contributed by atoms with van der Waals surface area (Å²) in [4.78, 5) is 17.3. The number of H-pyrrole nitrogens is 1. The fourth-order valence-electron chi connectivity index (χ4n) is 3.81. The Kier molecular flexibility index (Phi) is 6.48. The highest BCUT2D eigenvalue weighted by Crippen LogP contribution is 2.33. The maximum absolute atomic E-state index is 13.5. The first-order valence-electron chi connectivity index (χ1n) is 11.3. The fraction of sp³-hybridized carbons (Fsp3) is 0.107. The molecule has 3 aromatic carbocycles. The van der Waals surface area contributed by atoms with Crippen LogP contribution in [0.5, 0.6) is 5.75 Å². The summed E-state index contributed by atoms with van der Waals surface area (Å²) in [6.07, 6.45) is 2.59. The van der Waals surface area contributed by atoms with Gasteiger partial charge in [-0.2, -0.15) is 0 Å². The number of rotatable bonds is 8. The zero-order chi connectivity index (χ0) is 24.0. The molecule has 0 unspecified atom stereocenters. The Morgan fingerprint density at radius 1 is 0.857 bits per heavy atom. The van der Waals surface area contributed by atoms with E-state index in [0.717, 1.165) is 34.7 Å². The number of aromatic amines is 1. The molecule has 35 heavy (non-hydrogen) atoms. The van der Waals surface area contributed by atoms with Crippen LogP contribution in [0.15, 0.2) is 91.1 Å². The van der Waals surface area contributed by atoms with Gasteiger partial charge in [-0.1, -0.05) is 30.3 Å². The second-order valence-corrected chi connectivity index (χ2v) is 7.97. The van der Waals surface area contributed by atoms with Crippen molar-refractivity contribution in [2.45, 2.75) is 6.42 Å². The lowest BCUT2D eigenvalue weighted by atomic mass is 10.1. The van der Waals surface area contributed by atoms with Gasteiger partial charge in [0.15, 0.2) is 0 Å². The number of methoxy groups -OCH3 is 1. The molecule has 0 aliphatic rings. The van der Waals surface area contributed by atoms with Crippen LogP contribution in [0.2, 0.25) is 0 Å². The molecule has 174 valence electrons. The minimum absolute atomic E-state index is 0.294. The molecule has 6 nitrogen and oxygen atoms in total. The second kappa shape index (κ2) is 10.2. The van der Waals surface area contributed by atoms with Gasteiger partial charge in [-0.25, -0.2) is 19.3 Å². The van der Waals surface area contributed by atoms with Crippen molar-refractivity contribution in [3.05, 3.63) is 103 Å². The molecule has 0 fully saturated rings. The summed E-state index contributed by atoms with van der Waals surface area (Å²) in [5, 5.41) is 3.31. The van der Waals surface area contributed by atoms with E-state index in [4.69, 9.17) is 14.7 Å². The van der Waals surface area contributed by atoms with Crippen molar-refractivity contribution in [1.82, 2.24) is 19.9 Å². The molecule has 0 aliphatic carbocycles. The first-order chi connectivity index (χ1) is 17.2. The molecule has 2 heterocycles. The molecule has 0 radical (unpaired) electrons. The van der Waals surface area contributed by atoms with Crippen molar-refractivity contribution in [3.8, 4) is 39.8 Å². The van der Waals surface area contributed by atoms with E-state index in [1.165, 1.54) is 17.7 Å². The van der Waals surface area contributed by atoms with Crippen LogP contribution in [0.1, 0.15) is 5.56 Å². The summed E-state index contributed by atoms with van der Waals surface area (Å²) in [5.41, 5.74) is 5.12. The number of benzene rings is 3. The molecule has 2 N–H and O–H groups in total. The lowest BCUT2D eigenvalue weighted by molar-refractivity contribution is 0.415. The number of ether oxygens (including phenoxy) is 1. The predicted molar refractivity (Wildman–Crippen MR) is 136 cm³/mol. The average Bonchev–Trinajstić information content (AvgIpc) is 3.36. The standard InChI is InChI=1S/C28H24FN5O/c1-35-23-13-9-20(10-14-23)25-26(34-27(33-25)21-7-11-22(29)12-8-21)24-16-18-31-28(32-24)30-17-15-19-5-3-2-4-6-19/h2-14,16,18H,15,17H2,1H3,(H,33,34)(H,30,31,32). The predicted octanol–water partition coefficient (Wildman–Crippen LogP) is 6.00. The SMILES string of the molecule is COc1ccc(-c2nc(-c3ccc(F)cc3)[nH]c2-c2ccnc(NCCc3ccccc3)n2)cc1. The van der Waals surface area contributed by atoms with Gasteiger partial charge < -0.3 is 15.0 Å². The van der Waals surface area contributed by atoms with E-state index in [9.17, 15) is 4.39 Å². The summed E-state index contributed by atoms with van der Waals surface area (Å²) >= 11 is 0. The van der Waals surface area contributed by atoms with E-state index in [-0.39, 0.29) is 5.82 Å². The van der Waals surface area contributed by atoms with Crippen molar-refractivity contribution < 1.29 is 9.13 Å². The third-order valence-electron chi connectivity index (χ3n) is 5.64. The van der Waals surface area contributed by atoms with Crippen LogP contribution < -0.4 is 10.1 Å². The summed E-state index contributed by atoms with van der Waals surface area (Å²) in [5.74, 6) is 1.63. The summed E-state index contributed by atoms with van der Waals surface area (Å²) in [6, 6.07) is 26.0. The van der Waals surface area contributed by atoms with Gasteiger partial charge in [0.05, 0.1) is 24.2 Å². The van der Waals surface area contributed by atoms with Crippen LogP contribution in [0.4, 0.5) is 10.3 Å². The van der Waals surface area contributed by atoms with Crippen molar-refractivity contribution >= 4 is 5.95 Å². The van der Waals surface area contributed by atoms with Gasteiger partial charge >= 0.3 is 0 Å². The second-order valence-electron chi connectivity index (χ2n) is 7.97. The molecule has 0 saturated heterocycles. The van der Waals surface area contributed by atoms with E-state index >= 15 is 0 Å². The Balaban J connectivity index is 1.47. The number of anilines is 1. The van der Waals surface area contributed by atoms with Crippen molar-refractivity contribution in [2.75, 3.05) is 19.0 Å². The quantitative estimate of drug-likeness (QED) is 0.294. The van der Waals surface area contributed by atoms with Crippen LogP contribution in [0.3, 0.4) is 0 Å². The van der Waals surface area contributed by atoms with Crippen LogP contribution in [0, 0.1) is 5.82 Å². The van der Waals surface area contributed by atoms with Crippen molar-refractivity contribution in [2.24, 2.45) is 0 Å². The van der Waals surface area contributed by atoms with Crippen molar-refractivity contribution in [3.63, 3.8) is 0 Å². The molecule has 0 saturated carbocycles. The normalized spacial score (nSPS) is 10.8. The molecule has 2 aromatic heterocycles. The van der Waals surface area contributed by atoms with Gasteiger partial charge in [0, 0.05) is 23.9 Å². The van der Waals surface area contributed by atoms with Crippen LogP contribution in [-0.4, -0.2) is 33.6 Å². The number of hydrogen-bond donors (Lipinski definition) is 2. The molecule has 0 aliphatic heterocycles. The topological polar surface area (TPSA) is 75.7 Å². The van der Waals surface area contributed by atoms with Gasteiger partial charge in [-0.05, 0) is 66.6 Å². The van der Waals surface area contributed by atoms with Crippen molar-refractivity contribution in [1.29, 1.82) is 0 Å². The number of nitrogens with one attached hydrogen (secondary N) is 2. The lowest BCUT2D eigenvalue weighted by Gasteiger charge is -2.07. The maximum atomic E-state index is 13.5. The van der Waals surface area contributed by atoms with Gasteiger partial charge in [0.2, 0.25) is 5.95 Å². The summed E-state index contributed by atoms with van der Waals surface area (Å²) < 4.78 is 18.8. The molecule has 7 heteroatoms. The Morgan fingerprint density at radius 3 is 2.34 bits per heavy atom. The van der Waals surface area contributed by atoms with Crippen LogP contribution in [-0.2, 0) is 6.42 Å². The lowest BCUT2D eigenvalue weighted by Crippen LogP contribution is -2.08. The van der Waals surface area contributed by atoms with E-state index < -0.39 is 0 Å². The Labute approximate surface area is 202 Å². The van der Waals surface area contributed by atoms with E-state index in [1.807, 2.05) is 48.5 Å². The third kappa shape index (κ3) is 5.19. The number of halogens is 1. The van der Waals surface area contributed by atoms with Crippen LogP contribution in [0.25, 0.3) is 34.0 Å². The van der Waals surface area contributed by atoms with E-state index in [2.05, 4.69) is 27.4 Å². The Morgan fingerprint density at radius 2 is 1.60 bits per heavy atom. The number of hydrogen-bond acceptors (Lipinski definition) is 5. The van der Waals surface area contributed by atoms with Gasteiger partial charge in [-0.15, -0.1) is 0 Å². The monoisotopic (exact) mass is 465 g/mol. The smallest absolute Gasteiger partial charge is 0.223 e. The highest BCUT2D eigenvalue weighted by atomic mass is 19.1. The average molecular weight is 466 g/mol. The number of aromatic nitrogens is 4. The Hall–Kier alpha value is -4.52. The molecule has 0 bridgehead atoms. The molecule has 0 amide bonds. The van der Waals surface area contributed by atoms with Crippen LogP contribution >= 0.6 is 0 Å². The Bertz CT molecular complexity index is 1400. The molecule has 0 atom stereocenters. The third-order valence-corrected chi connectivity index (χ3v) is 5.64. The zero-order valence-corrected chi connectivity index (χ0v) is 19.2. The minimum atomic E-state index is -0.294. The summed E-state index contributed by atoms with van der Waals surface area (Å²) in [6.45, 7) is 0.711. The number of imidazole rings is 1. The highest BCUT2D eigenvalue weighted by molar-refractivity contribution is 5.80. The van der Waals surface area contributed by atoms with Gasteiger partial charge in [0.1, 0.15) is 17.4 Å². The van der Waals surface area contributed by atoms with E-state index in [1.54, 1.807) is 25.4 Å². The maximum Gasteiger partial charge on any atom is 0.223 e. The molecular weight excluding hydrogens is 441 g/mol. The zero-order valence-electron chi connectivity index (χ0n) is 19.2. The molecule has 5 rings (SSSR count). The highest BCUT2D eigenvalue weighted by Gasteiger charge is 2.17. The van der Waals surface area contributed by atoms with Gasteiger partial charge in [0.25, 0.3) is 0 Å². The first kappa shape index (κ1) is 22.3. The van der Waals surface area contributed by atoms with Gasteiger partial charge in [-0.3, -0.25) is 0 Å². The minimum Gasteiger partial charge on any atom is -0.497 e. The number of nitrogens with zero attached hydrogens (tertiary/aromatic N) is 3. The molecule has 0 spiro atoms. The molecule has 5 aromatic rings. The summed E-state index contributed by atoms with van der Waals surface area (Å²) in [7, 11) is 1.63. The first-order valence-corrected chi connectivity index (χ1v) is 11.3. The van der Waals surface area contributed by atoms with E-state index in [0.29, 0.717) is 24.0 Å². The largest absolute Gasteiger partial charge is 0.497 e. The fourth-order valence-corrected chi connectivity index (χ4v) is 3.81. The molecular formula is C28H24FN5O.